The molecule has 0 aromatic heterocycles. The number of benzene rings is 1. The van der Waals surface area contributed by atoms with Crippen LogP contribution >= 0.6 is 11.8 Å². The lowest BCUT2D eigenvalue weighted by atomic mass is 10.0. The van der Waals surface area contributed by atoms with Crippen LogP contribution in [0.2, 0.25) is 0 Å². The lowest BCUT2D eigenvalue weighted by Gasteiger charge is -2.13. The fourth-order valence-corrected chi connectivity index (χ4v) is 3.02. The standard InChI is InChI=1S/C14H20N2OS/c1-9-4-11(3)12(5-10(9)2)6-15-14(17)13-7-18-8-16-13/h4-5,13,16H,6-8H2,1-3H3,(H,15,17). The molecule has 1 aromatic carbocycles. The van der Waals surface area contributed by atoms with Gasteiger partial charge in [-0.25, -0.2) is 0 Å². The van der Waals surface area contributed by atoms with Gasteiger partial charge < -0.3 is 5.32 Å². The van der Waals surface area contributed by atoms with Crippen molar-refractivity contribution in [1.82, 2.24) is 10.6 Å². The highest BCUT2D eigenvalue weighted by Gasteiger charge is 2.21. The first-order chi connectivity index (χ1) is 8.58. The monoisotopic (exact) mass is 264 g/mol. The lowest BCUT2D eigenvalue weighted by Crippen LogP contribution is -2.41. The van der Waals surface area contributed by atoms with Crippen LogP contribution in [0.4, 0.5) is 0 Å². The Morgan fingerprint density at radius 1 is 1.33 bits per heavy atom. The molecule has 18 heavy (non-hydrogen) atoms. The van der Waals surface area contributed by atoms with Gasteiger partial charge >= 0.3 is 0 Å². The van der Waals surface area contributed by atoms with E-state index in [1.54, 1.807) is 11.8 Å². The molecule has 1 aliphatic rings. The summed E-state index contributed by atoms with van der Waals surface area (Å²) in [5.41, 5.74) is 5.03. The van der Waals surface area contributed by atoms with Crippen LogP contribution in [-0.4, -0.2) is 23.6 Å². The molecule has 2 N–H and O–H groups in total. The van der Waals surface area contributed by atoms with Crippen molar-refractivity contribution in [3.63, 3.8) is 0 Å². The van der Waals surface area contributed by atoms with Gasteiger partial charge in [0.1, 0.15) is 0 Å². The number of thioether (sulfide) groups is 1. The van der Waals surface area contributed by atoms with Crippen molar-refractivity contribution in [2.45, 2.75) is 33.4 Å². The Kier molecular flexibility index (Phi) is 4.30. The summed E-state index contributed by atoms with van der Waals surface area (Å²) in [6.07, 6.45) is 0. The summed E-state index contributed by atoms with van der Waals surface area (Å²) >= 11 is 1.77. The highest BCUT2D eigenvalue weighted by atomic mass is 32.2. The number of hydrogen-bond donors (Lipinski definition) is 2. The average Bonchev–Trinajstić information content (AvgIpc) is 2.85. The Bertz CT molecular complexity index is 453. The largest absolute Gasteiger partial charge is 0.351 e. The first-order valence-electron chi connectivity index (χ1n) is 6.23. The van der Waals surface area contributed by atoms with Crippen molar-refractivity contribution in [3.8, 4) is 0 Å². The summed E-state index contributed by atoms with van der Waals surface area (Å²) < 4.78 is 0. The number of hydrogen-bond acceptors (Lipinski definition) is 3. The first-order valence-corrected chi connectivity index (χ1v) is 7.39. The third-order valence-electron chi connectivity index (χ3n) is 3.44. The maximum atomic E-state index is 11.9. The van der Waals surface area contributed by atoms with Gasteiger partial charge in [0.15, 0.2) is 0 Å². The minimum atomic E-state index is -0.0261. The molecule has 1 aromatic rings. The summed E-state index contributed by atoms with van der Waals surface area (Å²) in [6, 6.07) is 4.32. The van der Waals surface area contributed by atoms with Gasteiger partial charge in [-0.15, -0.1) is 11.8 Å². The van der Waals surface area contributed by atoms with Crippen LogP contribution in [0.3, 0.4) is 0 Å². The smallest absolute Gasteiger partial charge is 0.238 e. The summed E-state index contributed by atoms with van der Waals surface area (Å²) in [5, 5.41) is 6.19. The molecular weight excluding hydrogens is 244 g/mol. The van der Waals surface area contributed by atoms with E-state index in [1.165, 1.54) is 22.3 Å². The molecule has 1 amide bonds. The SMILES string of the molecule is Cc1cc(C)c(CNC(=O)C2CSCN2)cc1C. The minimum absolute atomic E-state index is 0.0261. The first kappa shape index (κ1) is 13.4. The van der Waals surface area contributed by atoms with E-state index in [1.807, 2.05) is 0 Å². The van der Waals surface area contributed by atoms with Crippen LogP contribution in [-0.2, 0) is 11.3 Å². The third-order valence-corrected chi connectivity index (χ3v) is 4.38. The molecule has 0 bridgehead atoms. The highest BCUT2D eigenvalue weighted by molar-refractivity contribution is 7.99. The zero-order valence-electron chi connectivity index (χ0n) is 11.2. The molecule has 1 saturated heterocycles. The van der Waals surface area contributed by atoms with Crippen molar-refractivity contribution in [2.24, 2.45) is 0 Å². The van der Waals surface area contributed by atoms with E-state index in [9.17, 15) is 4.79 Å². The molecule has 3 nitrogen and oxygen atoms in total. The second kappa shape index (κ2) is 5.76. The van der Waals surface area contributed by atoms with E-state index >= 15 is 0 Å². The molecule has 1 unspecified atom stereocenters. The molecule has 0 spiro atoms. The van der Waals surface area contributed by atoms with Crippen molar-refractivity contribution < 1.29 is 4.79 Å². The van der Waals surface area contributed by atoms with Gasteiger partial charge in [0, 0.05) is 18.2 Å². The van der Waals surface area contributed by atoms with E-state index < -0.39 is 0 Å². The summed E-state index contributed by atoms with van der Waals surface area (Å²) in [6.45, 7) is 6.94. The molecule has 1 atom stereocenters. The van der Waals surface area contributed by atoms with Gasteiger partial charge in [-0.3, -0.25) is 10.1 Å². The molecule has 1 aliphatic heterocycles. The minimum Gasteiger partial charge on any atom is -0.351 e. The van der Waals surface area contributed by atoms with Crippen LogP contribution in [0.15, 0.2) is 12.1 Å². The molecule has 4 heteroatoms. The molecule has 0 aliphatic carbocycles. The number of amides is 1. The topological polar surface area (TPSA) is 41.1 Å². The molecule has 1 heterocycles. The molecule has 0 radical (unpaired) electrons. The molecule has 1 fully saturated rings. The van der Waals surface area contributed by atoms with Crippen LogP contribution < -0.4 is 10.6 Å². The maximum absolute atomic E-state index is 11.9. The molecule has 98 valence electrons. The van der Waals surface area contributed by atoms with Gasteiger partial charge in [0.2, 0.25) is 5.91 Å². The van der Waals surface area contributed by atoms with Crippen molar-refractivity contribution in [2.75, 3.05) is 11.6 Å². The van der Waals surface area contributed by atoms with Crippen molar-refractivity contribution in [3.05, 3.63) is 34.4 Å². The van der Waals surface area contributed by atoms with Crippen LogP contribution in [0.25, 0.3) is 0 Å². The number of carbonyl (C=O) groups is 1. The quantitative estimate of drug-likeness (QED) is 0.876. The average molecular weight is 264 g/mol. The Labute approximate surface area is 113 Å². The second-order valence-corrected chi connectivity index (χ2v) is 5.88. The fraction of sp³-hybridized carbons (Fsp3) is 0.500. The fourth-order valence-electron chi connectivity index (χ4n) is 2.08. The van der Waals surface area contributed by atoms with Crippen LogP contribution in [0, 0.1) is 20.8 Å². The maximum Gasteiger partial charge on any atom is 0.238 e. The van der Waals surface area contributed by atoms with E-state index in [0.717, 1.165) is 11.6 Å². The predicted octanol–water partition coefficient (Wildman–Crippen LogP) is 1.89. The van der Waals surface area contributed by atoms with E-state index in [4.69, 9.17) is 0 Å². The Morgan fingerprint density at radius 2 is 2.06 bits per heavy atom. The van der Waals surface area contributed by atoms with E-state index in [2.05, 4.69) is 43.5 Å². The van der Waals surface area contributed by atoms with Gasteiger partial charge in [-0.2, -0.15) is 0 Å². The third kappa shape index (κ3) is 3.06. The van der Waals surface area contributed by atoms with Gasteiger partial charge in [-0.1, -0.05) is 12.1 Å². The van der Waals surface area contributed by atoms with Gasteiger partial charge in [0.25, 0.3) is 0 Å². The number of rotatable bonds is 3. The van der Waals surface area contributed by atoms with Gasteiger partial charge in [-0.05, 0) is 43.0 Å². The lowest BCUT2D eigenvalue weighted by molar-refractivity contribution is -0.122. The van der Waals surface area contributed by atoms with Crippen molar-refractivity contribution >= 4 is 17.7 Å². The number of carbonyl (C=O) groups excluding carboxylic acids is 1. The van der Waals surface area contributed by atoms with Gasteiger partial charge in [0.05, 0.1) is 6.04 Å². The van der Waals surface area contributed by atoms with E-state index in [0.29, 0.717) is 6.54 Å². The molecule has 2 rings (SSSR count). The van der Waals surface area contributed by atoms with Crippen LogP contribution in [0.5, 0.6) is 0 Å². The molecule has 0 saturated carbocycles. The Morgan fingerprint density at radius 3 is 2.72 bits per heavy atom. The summed E-state index contributed by atoms with van der Waals surface area (Å²) in [7, 11) is 0. The zero-order chi connectivity index (χ0) is 13.1. The number of nitrogens with one attached hydrogen (secondary N) is 2. The Hall–Kier alpha value is -1.00. The normalized spacial score (nSPS) is 18.9. The Balaban J connectivity index is 1.97. The van der Waals surface area contributed by atoms with Crippen LogP contribution in [0.1, 0.15) is 22.3 Å². The highest BCUT2D eigenvalue weighted by Crippen LogP contribution is 2.15. The van der Waals surface area contributed by atoms with Crippen molar-refractivity contribution in [1.29, 1.82) is 0 Å². The summed E-state index contributed by atoms with van der Waals surface area (Å²) in [5.74, 6) is 1.86. The number of aryl methyl sites for hydroxylation is 3. The molecular formula is C14H20N2OS. The second-order valence-electron chi connectivity index (χ2n) is 4.85. The van der Waals surface area contributed by atoms with E-state index in [-0.39, 0.29) is 11.9 Å². The summed E-state index contributed by atoms with van der Waals surface area (Å²) in [4.78, 5) is 11.9. The zero-order valence-corrected chi connectivity index (χ0v) is 12.0. The predicted molar refractivity (Wildman–Crippen MR) is 76.7 cm³/mol.